The third kappa shape index (κ3) is 4.42. The fourth-order valence-corrected chi connectivity index (χ4v) is 8.86. The number of benzene rings is 2. The number of thiophene rings is 1. The van der Waals surface area contributed by atoms with E-state index in [4.69, 9.17) is 16.3 Å². The summed E-state index contributed by atoms with van der Waals surface area (Å²) in [4.78, 5) is 23.4. The highest BCUT2D eigenvalue weighted by Crippen LogP contribution is 2.53. The molecule has 1 saturated heterocycles. The summed E-state index contributed by atoms with van der Waals surface area (Å²) in [5.41, 5.74) is 0.888. The molecule has 42 heavy (non-hydrogen) atoms. The maximum atomic E-state index is 15.0. The summed E-state index contributed by atoms with van der Waals surface area (Å²) < 4.78 is 35.5. The number of carbonyl (C=O) groups is 1. The summed E-state index contributed by atoms with van der Waals surface area (Å²) in [5, 5.41) is 9.86. The van der Waals surface area contributed by atoms with Gasteiger partial charge in [-0.05, 0) is 55.5 Å². The van der Waals surface area contributed by atoms with Gasteiger partial charge in [0.2, 0.25) is 0 Å². The fraction of sp³-hybridized carbons (Fsp3) is 0.233. The zero-order valence-corrected chi connectivity index (χ0v) is 25.0. The first kappa shape index (κ1) is 28.2. The second kappa shape index (κ2) is 11.0. The van der Waals surface area contributed by atoms with Crippen LogP contribution in [-0.4, -0.2) is 57.0 Å². The minimum absolute atomic E-state index is 0.0486. The van der Waals surface area contributed by atoms with E-state index >= 15 is 4.79 Å². The van der Waals surface area contributed by atoms with Gasteiger partial charge in [-0.1, -0.05) is 29.8 Å². The van der Waals surface area contributed by atoms with Crippen molar-refractivity contribution in [1.82, 2.24) is 9.88 Å². The molecule has 12 heteroatoms. The summed E-state index contributed by atoms with van der Waals surface area (Å²) in [6, 6.07) is 20.8. The molecule has 214 valence electrons. The molecule has 0 aliphatic carbocycles. The minimum Gasteiger partial charge on any atom is -0.493 e. The average Bonchev–Trinajstić information content (AvgIpc) is 3.57. The highest BCUT2D eigenvalue weighted by atomic mass is 35.5. The molecule has 4 aromatic rings. The largest absolute Gasteiger partial charge is 0.493 e. The Morgan fingerprint density at radius 2 is 1.76 bits per heavy atom. The van der Waals surface area contributed by atoms with E-state index in [1.165, 1.54) is 24.3 Å². The van der Waals surface area contributed by atoms with Crippen molar-refractivity contribution in [3.63, 3.8) is 0 Å². The van der Waals surface area contributed by atoms with Crippen LogP contribution in [0.4, 0.5) is 11.4 Å². The van der Waals surface area contributed by atoms with E-state index in [1.807, 2.05) is 36.1 Å². The predicted octanol–water partition coefficient (Wildman–Crippen LogP) is 4.87. The number of ether oxygens (including phenoxy) is 1. The first-order valence-corrected chi connectivity index (χ1v) is 16.0. The van der Waals surface area contributed by atoms with Crippen molar-refractivity contribution in [3.8, 4) is 11.8 Å². The van der Waals surface area contributed by atoms with Crippen LogP contribution in [0.2, 0.25) is 4.34 Å². The van der Waals surface area contributed by atoms with Crippen molar-refractivity contribution in [2.24, 2.45) is 0 Å². The molecule has 1 atom stereocenters. The molecule has 2 aliphatic rings. The molecule has 1 unspecified atom stereocenters. The van der Waals surface area contributed by atoms with Crippen molar-refractivity contribution in [2.45, 2.75) is 16.7 Å². The molecule has 4 heterocycles. The number of fused-ring (bicyclic) bond motifs is 1. The Bertz CT molecular complexity index is 1800. The first-order valence-electron chi connectivity index (χ1n) is 13.3. The van der Waals surface area contributed by atoms with Crippen LogP contribution >= 0.6 is 22.9 Å². The van der Waals surface area contributed by atoms with Gasteiger partial charge in [0.1, 0.15) is 9.96 Å². The summed E-state index contributed by atoms with van der Waals surface area (Å²) in [5.74, 6) is -0.182. The standard InChI is InChI=1S/C30H26ClN5O4S2/c1-2-40-26-6-4-3-5-23(26)30(35-17-15-34(16-18-35)22-11-13-33-14-12-22)24-19-21(20-32)7-8-25(24)36(29(30)37)42(38,39)28-10-9-27(31)41-28/h3-14,19H,2,15-18H2,1H3. The molecule has 0 spiro atoms. The Hall–Kier alpha value is -3.95. The lowest BCUT2D eigenvalue weighted by molar-refractivity contribution is -0.127. The highest BCUT2D eigenvalue weighted by molar-refractivity contribution is 7.95. The molecule has 1 fully saturated rings. The van der Waals surface area contributed by atoms with Crippen LogP contribution in [0.5, 0.6) is 5.75 Å². The number of hydrogen-bond donors (Lipinski definition) is 0. The Labute approximate surface area is 253 Å². The fourth-order valence-electron chi connectivity index (χ4n) is 5.85. The molecule has 0 N–H and O–H groups in total. The number of pyridine rings is 1. The molecule has 2 aliphatic heterocycles. The van der Waals surface area contributed by atoms with E-state index < -0.39 is 21.5 Å². The number of hydrogen-bond acceptors (Lipinski definition) is 9. The number of amides is 1. The van der Waals surface area contributed by atoms with Gasteiger partial charge in [0.15, 0.2) is 5.54 Å². The molecular formula is C30H26ClN5O4S2. The molecule has 1 amide bonds. The Kier molecular flexibility index (Phi) is 7.41. The van der Waals surface area contributed by atoms with Crippen molar-refractivity contribution in [2.75, 3.05) is 42.0 Å². The van der Waals surface area contributed by atoms with Crippen LogP contribution in [0.25, 0.3) is 0 Å². The molecule has 2 aromatic heterocycles. The maximum absolute atomic E-state index is 15.0. The SMILES string of the molecule is CCOc1ccccc1C1(N2CCN(c3ccncc3)CC2)C(=O)N(S(=O)(=O)c2ccc(Cl)s2)c2ccc(C#N)cc21. The van der Waals surface area contributed by atoms with Gasteiger partial charge in [-0.2, -0.15) is 18.0 Å². The first-order chi connectivity index (χ1) is 20.3. The van der Waals surface area contributed by atoms with Crippen LogP contribution in [0, 0.1) is 11.3 Å². The van der Waals surface area contributed by atoms with Gasteiger partial charge in [0, 0.05) is 55.4 Å². The number of rotatable bonds is 7. The quantitative estimate of drug-likeness (QED) is 0.288. The van der Waals surface area contributed by atoms with Gasteiger partial charge in [0.25, 0.3) is 15.9 Å². The lowest BCUT2D eigenvalue weighted by Gasteiger charge is -2.46. The van der Waals surface area contributed by atoms with Crippen molar-refractivity contribution >= 4 is 50.2 Å². The number of halogens is 1. The zero-order valence-electron chi connectivity index (χ0n) is 22.6. The van der Waals surface area contributed by atoms with E-state index in [-0.39, 0.29) is 9.90 Å². The van der Waals surface area contributed by atoms with Gasteiger partial charge in [-0.3, -0.25) is 14.7 Å². The number of carbonyl (C=O) groups excluding carboxylic acids is 1. The minimum atomic E-state index is -4.35. The van der Waals surface area contributed by atoms with Crippen LogP contribution in [0.15, 0.2) is 83.3 Å². The Morgan fingerprint density at radius 1 is 1.02 bits per heavy atom. The Balaban J connectivity index is 1.57. The number of para-hydroxylation sites is 1. The van der Waals surface area contributed by atoms with E-state index in [9.17, 15) is 13.7 Å². The number of anilines is 2. The lowest BCUT2D eigenvalue weighted by atomic mass is 9.80. The summed E-state index contributed by atoms with van der Waals surface area (Å²) in [6.45, 7) is 4.23. The molecule has 0 bridgehead atoms. The molecule has 6 rings (SSSR count). The smallest absolute Gasteiger partial charge is 0.280 e. The van der Waals surface area contributed by atoms with Gasteiger partial charge in [0.05, 0.1) is 28.3 Å². The summed E-state index contributed by atoms with van der Waals surface area (Å²) in [6.07, 6.45) is 3.47. The highest BCUT2D eigenvalue weighted by Gasteiger charge is 2.60. The van der Waals surface area contributed by atoms with Crippen LogP contribution in [0.1, 0.15) is 23.6 Å². The molecule has 0 radical (unpaired) electrons. The molecule has 2 aromatic carbocycles. The second-order valence-corrected chi connectivity index (χ2v) is 13.5. The lowest BCUT2D eigenvalue weighted by Crippen LogP contribution is -2.60. The van der Waals surface area contributed by atoms with Crippen molar-refractivity contribution in [3.05, 3.63) is 100 Å². The van der Waals surface area contributed by atoms with Crippen LogP contribution in [0.3, 0.4) is 0 Å². The maximum Gasteiger partial charge on any atom is 0.280 e. The van der Waals surface area contributed by atoms with E-state index in [1.54, 1.807) is 30.6 Å². The summed E-state index contributed by atoms with van der Waals surface area (Å²) in [7, 11) is -4.35. The van der Waals surface area contributed by atoms with E-state index in [2.05, 4.69) is 16.0 Å². The number of nitriles is 1. The van der Waals surface area contributed by atoms with E-state index in [0.29, 0.717) is 59.6 Å². The summed E-state index contributed by atoms with van der Waals surface area (Å²) >= 11 is 7.01. The van der Waals surface area contributed by atoms with Gasteiger partial charge in [-0.25, -0.2) is 0 Å². The third-order valence-electron chi connectivity index (χ3n) is 7.63. The predicted molar refractivity (Wildman–Crippen MR) is 162 cm³/mol. The van der Waals surface area contributed by atoms with Gasteiger partial charge >= 0.3 is 0 Å². The average molecular weight is 620 g/mol. The van der Waals surface area contributed by atoms with Crippen molar-refractivity contribution < 1.29 is 17.9 Å². The van der Waals surface area contributed by atoms with E-state index in [0.717, 1.165) is 21.3 Å². The second-order valence-electron chi connectivity index (χ2n) is 9.80. The molecule has 0 saturated carbocycles. The molecule has 9 nitrogen and oxygen atoms in total. The normalized spacial score (nSPS) is 19.0. The van der Waals surface area contributed by atoms with Gasteiger partial charge in [-0.15, -0.1) is 11.3 Å². The van der Waals surface area contributed by atoms with Gasteiger partial charge < -0.3 is 9.64 Å². The van der Waals surface area contributed by atoms with Crippen LogP contribution in [-0.2, 0) is 20.4 Å². The van der Waals surface area contributed by atoms with Crippen LogP contribution < -0.4 is 13.9 Å². The Morgan fingerprint density at radius 3 is 2.43 bits per heavy atom. The number of sulfonamides is 1. The topological polar surface area (TPSA) is 107 Å². The number of piperazine rings is 1. The van der Waals surface area contributed by atoms with Crippen molar-refractivity contribution in [1.29, 1.82) is 5.26 Å². The monoisotopic (exact) mass is 619 g/mol. The zero-order chi connectivity index (χ0) is 29.5. The number of nitrogens with zero attached hydrogens (tertiary/aromatic N) is 5. The molecular weight excluding hydrogens is 594 g/mol. The number of aromatic nitrogens is 1. The third-order valence-corrected chi connectivity index (χ3v) is 11.0.